The van der Waals surface area contributed by atoms with Gasteiger partial charge >= 0.3 is 0 Å². The molecule has 0 saturated heterocycles. The Kier molecular flexibility index (Phi) is 6.08. The molecular formula is C25H21N5O3. The van der Waals surface area contributed by atoms with Crippen LogP contribution in [-0.4, -0.2) is 36.1 Å². The third-order valence-corrected chi connectivity index (χ3v) is 5.10. The Labute approximate surface area is 190 Å². The average Bonchev–Trinajstić information content (AvgIpc) is 2.83. The predicted octanol–water partition coefficient (Wildman–Crippen LogP) is 4.64. The molecule has 0 spiro atoms. The summed E-state index contributed by atoms with van der Waals surface area (Å²) in [5.41, 5.74) is 6.45. The third-order valence-electron chi connectivity index (χ3n) is 5.10. The van der Waals surface area contributed by atoms with Crippen molar-refractivity contribution in [2.24, 2.45) is 5.10 Å². The lowest BCUT2D eigenvalue weighted by Gasteiger charge is -2.15. The summed E-state index contributed by atoms with van der Waals surface area (Å²) < 4.78 is 0. The minimum atomic E-state index is -0.469. The van der Waals surface area contributed by atoms with E-state index in [9.17, 15) is 14.9 Å². The van der Waals surface area contributed by atoms with Crippen LogP contribution in [0.5, 0.6) is 0 Å². The highest BCUT2D eigenvalue weighted by molar-refractivity contribution is 6.07. The van der Waals surface area contributed by atoms with Gasteiger partial charge in [0.1, 0.15) is 0 Å². The molecule has 0 fully saturated rings. The minimum Gasteiger partial charge on any atom is -0.377 e. The van der Waals surface area contributed by atoms with E-state index < -0.39 is 10.8 Å². The van der Waals surface area contributed by atoms with Gasteiger partial charge in [-0.2, -0.15) is 5.10 Å². The number of nitro benzene ring substituents is 1. The molecule has 1 heterocycles. The number of aromatic nitrogens is 1. The predicted molar refractivity (Wildman–Crippen MR) is 130 cm³/mol. The summed E-state index contributed by atoms with van der Waals surface area (Å²) in [6.07, 6.45) is 1.40. The van der Waals surface area contributed by atoms with E-state index in [0.717, 1.165) is 11.3 Å². The second kappa shape index (κ2) is 9.27. The molecule has 4 rings (SSSR count). The number of non-ortho nitro benzene ring substituents is 1. The largest absolute Gasteiger partial charge is 0.377 e. The first-order valence-corrected chi connectivity index (χ1v) is 10.2. The maximum absolute atomic E-state index is 13.1. The molecule has 3 aromatic carbocycles. The van der Waals surface area contributed by atoms with Crippen molar-refractivity contribution in [3.63, 3.8) is 0 Å². The van der Waals surface area contributed by atoms with Crippen LogP contribution in [0.15, 0.2) is 84.0 Å². The lowest BCUT2D eigenvalue weighted by Crippen LogP contribution is -2.19. The maximum Gasteiger partial charge on any atom is 0.272 e. The number of nitrogens with zero attached hydrogens (tertiary/aromatic N) is 4. The highest BCUT2D eigenvalue weighted by Gasteiger charge is 2.14. The van der Waals surface area contributed by atoms with E-state index in [1.807, 2.05) is 73.6 Å². The third kappa shape index (κ3) is 4.69. The maximum atomic E-state index is 13.1. The Balaban J connectivity index is 1.67. The number of hydrogen-bond donors (Lipinski definition) is 1. The zero-order valence-electron chi connectivity index (χ0n) is 18.1. The van der Waals surface area contributed by atoms with Crippen LogP contribution in [0.4, 0.5) is 11.4 Å². The molecule has 33 heavy (non-hydrogen) atoms. The number of carbonyl (C=O) groups is 1. The van der Waals surface area contributed by atoms with Crippen LogP contribution < -0.4 is 10.3 Å². The molecule has 0 radical (unpaired) electrons. The van der Waals surface area contributed by atoms with Gasteiger partial charge in [-0.15, -0.1) is 0 Å². The zero-order valence-corrected chi connectivity index (χ0v) is 18.1. The quantitative estimate of drug-likeness (QED) is 0.268. The van der Waals surface area contributed by atoms with Gasteiger partial charge in [-0.3, -0.25) is 14.9 Å². The zero-order chi connectivity index (χ0) is 23.4. The van der Waals surface area contributed by atoms with Gasteiger partial charge in [-0.25, -0.2) is 10.4 Å². The van der Waals surface area contributed by atoms with Gasteiger partial charge in [0.05, 0.1) is 27.9 Å². The standard InChI is InChI=1S/C25H21N5O3/c1-29(2)24-13-12-19(30(32)33)14-18(24)16-26-28-25(31)21-15-23(17-8-4-3-5-9-17)27-22-11-7-6-10-20(21)22/h3-16H,1-2H3,(H,28,31)/b26-16+. The fourth-order valence-electron chi connectivity index (χ4n) is 3.51. The first-order chi connectivity index (χ1) is 15.9. The van der Waals surface area contributed by atoms with Crippen LogP contribution in [0.3, 0.4) is 0 Å². The summed E-state index contributed by atoms with van der Waals surface area (Å²) in [6.45, 7) is 0. The fraction of sp³-hybridized carbons (Fsp3) is 0.0800. The van der Waals surface area contributed by atoms with Crippen LogP contribution in [0.25, 0.3) is 22.2 Å². The molecule has 0 aliphatic heterocycles. The smallest absolute Gasteiger partial charge is 0.272 e. The Morgan fingerprint density at radius 1 is 1.03 bits per heavy atom. The molecule has 0 aliphatic carbocycles. The number of nitro groups is 1. The van der Waals surface area contributed by atoms with Crippen molar-refractivity contribution in [3.05, 3.63) is 100 Å². The van der Waals surface area contributed by atoms with Crippen molar-refractivity contribution < 1.29 is 9.72 Å². The van der Waals surface area contributed by atoms with Crippen LogP contribution in [0, 0.1) is 10.1 Å². The van der Waals surface area contributed by atoms with E-state index in [1.54, 1.807) is 12.1 Å². The summed E-state index contributed by atoms with van der Waals surface area (Å²) in [4.78, 5) is 30.2. The fourth-order valence-corrected chi connectivity index (χ4v) is 3.51. The molecule has 1 N–H and O–H groups in total. The normalized spacial score (nSPS) is 11.0. The van der Waals surface area contributed by atoms with E-state index >= 15 is 0 Å². The van der Waals surface area contributed by atoms with Gasteiger partial charge in [0, 0.05) is 48.4 Å². The molecule has 4 aromatic rings. The number of nitrogens with one attached hydrogen (secondary N) is 1. The van der Waals surface area contributed by atoms with E-state index in [-0.39, 0.29) is 5.69 Å². The van der Waals surface area contributed by atoms with Crippen LogP contribution in [0.1, 0.15) is 15.9 Å². The molecule has 0 bridgehead atoms. The molecule has 0 aliphatic rings. The van der Waals surface area contributed by atoms with Gasteiger partial charge in [0.15, 0.2) is 0 Å². The van der Waals surface area contributed by atoms with Crippen LogP contribution in [-0.2, 0) is 0 Å². The highest BCUT2D eigenvalue weighted by Crippen LogP contribution is 2.25. The SMILES string of the molecule is CN(C)c1ccc([N+](=O)[O-])cc1/C=N/NC(=O)c1cc(-c2ccccc2)nc2ccccc12. The average molecular weight is 439 g/mol. The Morgan fingerprint density at radius 3 is 2.48 bits per heavy atom. The van der Waals surface area contributed by atoms with Crippen molar-refractivity contribution in [2.75, 3.05) is 19.0 Å². The number of rotatable bonds is 6. The van der Waals surface area contributed by atoms with Crippen molar-refractivity contribution in [3.8, 4) is 11.3 Å². The lowest BCUT2D eigenvalue weighted by atomic mass is 10.0. The summed E-state index contributed by atoms with van der Waals surface area (Å²) in [5.74, 6) is -0.404. The molecule has 1 aromatic heterocycles. The van der Waals surface area contributed by atoms with E-state index in [4.69, 9.17) is 0 Å². The summed E-state index contributed by atoms with van der Waals surface area (Å²) in [5, 5.41) is 15.9. The number of carbonyl (C=O) groups excluding carboxylic acids is 1. The Hall–Kier alpha value is -4.59. The molecule has 0 atom stereocenters. The summed E-state index contributed by atoms with van der Waals surface area (Å²) >= 11 is 0. The van der Waals surface area contributed by atoms with E-state index in [1.165, 1.54) is 18.3 Å². The Morgan fingerprint density at radius 2 is 1.76 bits per heavy atom. The molecule has 1 amide bonds. The highest BCUT2D eigenvalue weighted by atomic mass is 16.6. The van der Waals surface area contributed by atoms with Crippen molar-refractivity contribution >= 4 is 34.4 Å². The monoisotopic (exact) mass is 439 g/mol. The second-order valence-corrected chi connectivity index (χ2v) is 7.53. The van der Waals surface area contributed by atoms with Crippen molar-refractivity contribution in [1.82, 2.24) is 10.4 Å². The number of benzene rings is 3. The Bertz CT molecular complexity index is 1370. The number of hydrogen-bond acceptors (Lipinski definition) is 6. The minimum absolute atomic E-state index is 0.0546. The number of fused-ring (bicyclic) bond motifs is 1. The summed E-state index contributed by atoms with van der Waals surface area (Å²) in [6, 6.07) is 23.2. The molecule has 164 valence electrons. The topological polar surface area (TPSA) is 101 Å². The molecule has 0 unspecified atom stereocenters. The van der Waals surface area contributed by atoms with E-state index in [0.29, 0.717) is 27.7 Å². The van der Waals surface area contributed by atoms with E-state index in [2.05, 4.69) is 15.5 Å². The molecule has 0 saturated carbocycles. The van der Waals surface area contributed by atoms with Gasteiger partial charge in [-0.05, 0) is 18.2 Å². The van der Waals surface area contributed by atoms with Crippen LogP contribution >= 0.6 is 0 Å². The number of amides is 1. The van der Waals surface area contributed by atoms with Gasteiger partial charge in [0.2, 0.25) is 0 Å². The number of pyridine rings is 1. The molecule has 8 heteroatoms. The molecular weight excluding hydrogens is 418 g/mol. The van der Waals surface area contributed by atoms with Crippen LogP contribution in [0.2, 0.25) is 0 Å². The van der Waals surface area contributed by atoms with Gasteiger partial charge in [-0.1, -0.05) is 48.5 Å². The first-order valence-electron chi connectivity index (χ1n) is 10.2. The van der Waals surface area contributed by atoms with Gasteiger partial charge < -0.3 is 4.90 Å². The van der Waals surface area contributed by atoms with Gasteiger partial charge in [0.25, 0.3) is 11.6 Å². The lowest BCUT2D eigenvalue weighted by molar-refractivity contribution is -0.384. The van der Waals surface area contributed by atoms with Crippen molar-refractivity contribution in [2.45, 2.75) is 0 Å². The number of hydrazone groups is 1. The molecule has 8 nitrogen and oxygen atoms in total. The number of para-hydroxylation sites is 1. The first kappa shape index (κ1) is 21.6. The second-order valence-electron chi connectivity index (χ2n) is 7.53. The van der Waals surface area contributed by atoms with Crippen molar-refractivity contribution in [1.29, 1.82) is 0 Å². The number of anilines is 1. The summed E-state index contributed by atoms with van der Waals surface area (Å²) in [7, 11) is 3.65.